The minimum Gasteiger partial charge on any atom is -0.384 e. The second kappa shape index (κ2) is 5.54. The summed E-state index contributed by atoms with van der Waals surface area (Å²) < 4.78 is 5.27. The number of ether oxygens (including phenoxy) is 1. The van der Waals surface area contributed by atoms with E-state index in [1.165, 1.54) is 0 Å². The predicted octanol–water partition coefficient (Wildman–Crippen LogP) is 1.57. The second-order valence-electron chi connectivity index (χ2n) is 4.29. The zero-order chi connectivity index (χ0) is 13.1. The molecule has 1 aromatic heterocycles. The third-order valence-corrected chi connectivity index (χ3v) is 3.44. The molecule has 98 valence electrons. The Balaban J connectivity index is 2.10. The van der Waals surface area contributed by atoms with Crippen molar-refractivity contribution in [2.75, 3.05) is 25.9 Å². The van der Waals surface area contributed by atoms with Crippen LogP contribution in [0, 0.1) is 0 Å². The number of carbonyl (C=O) groups is 1. The second-order valence-corrected chi connectivity index (χ2v) is 4.70. The number of piperidine rings is 1. The molecule has 0 unspecified atom stereocenters. The van der Waals surface area contributed by atoms with Gasteiger partial charge in [0.25, 0.3) is 5.91 Å². The van der Waals surface area contributed by atoms with Crippen LogP contribution in [0.2, 0.25) is 5.02 Å². The maximum absolute atomic E-state index is 12.3. The fraction of sp³-hybridized carbons (Fsp3) is 0.500. The number of hydrogen-bond donors (Lipinski definition) is 1. The molecule has 1 fully saturated rings. The molecule has 1 aliphatic heterocycles. The number of amides is 1. The number of rotatable bonds is 2. The van der Waals surface area contributed by atoms with E-state index in [4.69, 9.17) is 22.1 Å². The Morgan fingerprint density at radius 3 is 2.78 bits per heavy atom. The van der Waals surface area contributed by atoms with E-state index in [2.05, 4.69) is 4.98 Å². The lowest BCUT2D eigenvalue weighted by atomic mass is 10.1. The number of nitrogens with zero attached hydrogens (tertiary/aromatic N) is 2. The molecule has 1 aliphatic rings. The van der Waals surface area contributed by atoms with Crippen molar-refractivity contribution in [2.45, 2.75) is 18.9 Å². The van der Waals surface area contributed by atoms with Crippen LogP contribution < -0.4 is 5.73 Å². The van der Waals surface area contributed by atoms with Crippen molar-refractivity contribution >= 4 is 23.3 Å². The van der Waals surface area contributed by atoms with E-state index < -0.39 is 0 Å². The van der Waals surface area contributed by atoms with E-state index in [1.54, 1.807) is 24.1 Å². The van der Waals surface area contributed by atoms with Crippen LogP contribution in [0.5, 0.6) is 0 Å². The SMILES string of the molecule is COC1CCN(C(=O)c2nc(N)ccc2Cl)CC1. The molecular weight excluding hydrogens is 254 g/mol. The summed E-state index contributed by atoms with van der Waals surface area (Å²) in [5.74, 6) is 0.136. The molecular formula is C12H16ClN3O2. The molecule has 2 heterocycles. The Morgan fingerprint density at radius 1 is 1.50 bits per heavy atom. The molecule has 1 saturated heterocycles. The summed E-state index contributed by atoms with van der Waals surface area (Å²) in [6.07, 6.45) is 1.91. The quantitative estimate of drug-likeness (QED) is 0.885. The van der Waals surface area contributed by atoms with Gasteiger partial charge in [-0.25, -0.2) is 4.98 Å². The number of carbonyl (C=O) groups excluding carboxylic acids is 1. The topological polar surface area (TPSA) is 68.5 Å². The van der Waals surface area contributed by atoms with E-state index in [0.717, 1.165) is 12.8 Å². The first-order chi connectivity index (χ1) is 8.61. The largest absolute Gasteiger partial charge is 0.384 e. The van der Waals surface area contributed by atoms with Crippen LogP contribution in [0.1, 0.15) is 23.3 Å². The summed E-state index contributed by atoms with van der Waals surface area (Å²) in [5.41, 5.74) is 5.81. The van der Waals surface area contributed by atoms with Crippen LogP contribution in [0.15, 0.2) is 12.1 Å². The first kappa shape index (κ1) is 13.1. The van der Waals surface area contributed by atoms with Crippen LogP contribution in [0.25, 0.3) is 0 Å². The molecule has 0 aromatic carbocycles. The van der Waals surface area contributed by atoms with Crippen LogP contribution in [-0.4, -0.2) is 42.1 Å². The van der Waals surface area contributed by atoms with Crippen molar-refractivity contribution in [2.24, 2.45) is 0 Å². The number of nitrogen functional groups attached to an aromatic ring is 1. The standard InChI is InChI=1S/C12H16ClN3O2/c1-18-8-4-6-16(7-5-8)12(17)11-9(13)2-3-10(14)15-11/h2-3,8H,4-7H2,1H3,(H2,14,15). The first-order valence-electron chi connectivity index (χ1n) is 5.86. The van der Waals surface area contributed by atoms with Gasteiger partial charge in [-0.15, -0.1) is 0 Å². The first-order valence-corrected chi connectivity index (χ1v) is 6.23. The summed E-state index contributed by atoms with van der Waals surface area (Å²) in [6, 6.07) is 3.18. The number of aromatic nitrogens is 1. The molecule has 2 rings (SSSR count). The maximum Gasteiger partial charge on any atom is 0.274 e. The minimum atomic E-state index is -0.165. The molecule has 18 heavy (non-hydrogen) atoms. The highest BCUT2D eigenvalue weighted by atomic mass is 35.5. The van der Waals surface area contributed by atoms with Crippen LogP contribution in [0.3, 0.4) is 0 Å². The molecule has 0 saturated carbocycles. The van der Waals surface area contributed by atoms with Crippen molar-refractivity contribution in [1.29, 1.82) is 0 Å². The number of halogens is 1. The van der Waals surface area contributed by atoms with Crippen molar-refractivity contribution in [1.82, 2.24) is 9.88 Å². The van der Waals surface area contributed by atoms with Gasteiger partial charge in [-0.2, -0.15) is 0 Å². The molecule has 1 amide bonds. The molecule has 0 bridgehead atoms. The maximum atomic E-state index is 12.3. The van der Waals surface area contributed by atoms with Gasteiger partial charge in [0.1, 0.15) is 11.5 Å². The number of nitrogens with two attached hydrogens (primary N) is 1. The summed E-state index contributed by atoms with van der Waals surface area (Å²) >= 11 is 5.98. The van der Waals surface area contributed by atoms with Gasteiger partial charge >= 0.3 is 0 Å². The van der Waals surface area contributed by atoms with Crippen molar-refractivity contribution in [3.8, 4) is 0 Å². The summed E-state index contributed by atoms with van der Waals surface area (Å²) in [4.78, 5) is 18.0. The summed E-state index contributed by atoms with van der Waals surface area (Å²) in [6.45, 7) is 1.31. The monoisotopic (exact) mass is 269 g/mol. The number of pyridine rings is 1. The van der Waals surface area contributed by atoms with E-state index in [1.807, 2.05) is 0 Å². The van der Waals surface area contributed by atoms with Crippen molar-refractivity contribution < 1.29 is 9.53 Å². The lowest BCUT2D eigenvalue weighted by molar-refractivity contribution is 0.0348. The van der Waals surface area contributed by atoms with Gasteiger partial charge in [-0.05, 0) is 25.0 Å². The highest BCUT2D eigenvalue weighted by Gasteiger charge is 2.25. The molecule has 1 aromatic rings. The van der Waals surface area contributed by atoms with E-state index in [0.29, 0.717) is 23.9 Å². The lowest BCUT2D eigenvalue weighted by Crippen LogP contribution is -2.41. The molecule has 2 N–H and O–H groups in total. The highest BCUT2D eigenvalue weighted by Crippen LogP contribution is 2.20. The van der Waals surface area contributed by atoms with Crippen molar-refractivity contribution in [3.05, 3.63) is 22.8 Å². The van der Waals surface area contributed by atoms with Gasteiger partial charge in [0.15, 0.2) is 0 Å². The average Bonchev–Trinajstić information content (AvgIpc) is 2.41. The number of hydrogen-bond acceptors (Lipinski definition) is 4. The highest BCUT2D eigenvalue weighted by molar-refractivity contribution is 6.33. The third kappa shape index (κ3) is 2.73. The Bertz CT molecular complexity index is 445. The van der Waals surface area contributed by atoms with Gasteiger partial charge in [0.05, 0.1) is 11.1 Å². The Hall–Kier alpha value is -1.33. The average molecular weight is 270 g/mol. The minimum absolute atomic E-state index is 0.165. The van der Waals surface area contributed by atoms with E-state index in [9.17, 15) is 4.79 Å². The van der Waals surface area contributed by atoms with Crippen molar-refractivity contribution in [3.63, 3.8) is 0 Å². The predicted molar refractivity (Wildman–Crippen MR) is 69.6 cm³/mol. The molecule has 0 spiro atoms. The van der Waals surface area contributed by atoms with E-state index >= 15 is 0 Å². The zero-order valence-corrected chi connectivity index (χ0v) is 11.0. The Labute approximate surface area is 111 Å². The van der Waals surface area contributed by atoms with Crippen LogP contribution in [0.4, 0.5) is 5.82 Å². The normalized spacial score (nSPS) is 16.9. The Morgan fingerprint density at radius 2 is 2.17 bits per heavy atom. The molecule has 6 heteroatoms. The Kier molecular flexibility index (Phi) is 4.04. The van der Waals surface area contributed by atoms with Gasteiger partial charge in [-0.1, -0.05) is 11.6 Å². The van der Waals surface area contributed by atoms with Gasteiger partial charge < -0.3 is 15.4 Å². The number of methoxy groups -OCH3 is 1. The smallest absolute Gasteiger partial charge is 0.274 e. The third-order valence-electron chi connectivity index (χ3n) is 3.13. The molecule has 0 aliphatic carbocycles. The number of likely N-dealkylation sites (tertiary alicyclic amines) is 1. The van der Waals surface area contributed by atoms with Crippen LogP contribution in [-0.2, 0) is 4.74 Å². The van der Waals surface area contributed by atoms with Gasteiger partial charge in [-0.3, -0.25) is 4.79 Å². The molecule has 0 atom stereocenters. The number of anilines is 1. The van der Waals surface area contributed by atoms with Gasteiger partial charge in [0.2, 0.25) is 0 Å². The summed E-state index contributed by atoms with van der Waals surface area (Å²) in [5, 5.41) is 0.336. The summed E-state index contributed by atoms with van der Waals surface area (Å²) in [7, 11) is 1.69. The zero-order valence-electron chi connectivity index (χ0n) is 10.2. The lowest BCUT2D eigenvalue weighted by Gasteiger charge is -2.31. The van der Waals surface area contributed by atoms with E-state index in [-0.39, 0.29) is 17.7 Å². The van der Waals surface area contributed by atoms with Gasteiger partial charge in [0, 0.05) is 20.2 Å². The van der Waals surface area contributed by atoms with Crippen LogP contribution >= 0.6 is 11.6 Å². The molecule has 5 nitrogen and oxygen atoms in total. The molecule has 0 radical (unpaired) electrons. The fourth-order valence-corrected chi connectivity index (χ4v) is 2.24. The fourth-order valence-electron chi connectivity index (χ4n) is 2.05.